The van der Waals surface area contributed by atoms with Crippen LogP contribution in [0.4, 0.5) is 0 Å². The van der Waals surface area contributed by atoms with Gasteiger partial charge in [-0.3, -0.25) is 4.79 Å². The summed E-state index contributed by atoms with van der Waals surface area (Å²) < 4.78 is 0. The molecule has 0 spiro atoms. The Balaban J connectivity index is 2.29. The van der Waals surface area contributed by atoms with E-state index >= 15 is 0 Å². The maximum atomic E-state index is 11.5. The van der Waals surface area contributed by atoms with Crippen LogP contribution >= 0.6 is 0 Å². The summed E-state index contributed by atoms with van der Waals surface area (Å²) in [6.07, 6.45) is 0.871. The molecule has 0 unspecified atom stereocenters. The molecule has 0 atom stereocenters. The van der Waals surface area contributed by atoms with Crippen LogP contribution in [0.25, 0.3) is 21.9 Å². The average molecular weight is 288 g/mol. The summed E-state index contributed by atoms with van der Waals surface area (Å²) in [6, 6.07) is 15.6. The topological polar surface area (TPSA) is 37.3 Å². The maximum absolute atomic E-state index is 11.5. The fourth-order valence-corrected chi connectivity index (χ4v) is 3.75. The van der Waals surface area contributed by atoms with Crippen molar-refractivity contribution in [2.75, 3.05) is 0 Å². The zero-order valence-electron chi connectivity index (χ0n) is 12.6. The maximum Gasteiger partial charge on any atom is 0.150 e. The van der Waals surface area contributed by atoms with Gasteiger partial charge in [0, 0.05) is 21.8 Å². The normalized spacial score (nSPS) is 14.6. The molecule has 0 saturated heterocycles. The van der Waals surface area contributed by atoms with Gasteiger partial charge in [-0.2, -0.15) is 0 Å². The van der Waals surface area contributed by atoms with Gasteiger partial charge in [0.2, 0.25) is 0 Å². The van der Waals surface area contributed by atoms with Crippen LogP contribution in [0.2, 0.25) is 0 Å². The number of carbonyl (C=O) groups is 1. The number of rotatable bonds is 1. The van der Waals surface area contributed by atoms with Crippen molar-refractivity contribution in [3.63, 3.8) is 0 Å². The van der Waals surface area contributed by atoms with Crippen molar-refractivity contribution < 1.29 is 9.90 Å². The molecule has 0 bridgehead atoms. The number of aldehydes is 1. The minimum Gasteiger partial charge on any atom is -0.507 e. The molecule has 4 rings (SSSR count). The van der Waals surface area contributed by atoms with Crippen molar-refractivity contribution in [2.45, 2.75) is 19.3 Å². The van der Waals surface area contributed by atoms with Crippen molar-refractivity contribution in [2.24, 2.45) is 0 Å². The summed E-state index contributed by atoms with van der Waals surface area (Å²) in [5.74, 6) is 0.235. The van der Waals surface area contributed by atoms with E-state index in [1.54, 1.807) is 0 Å². The van der Waals surface area contributed by atoms with Gasteiger partial charge < -0.3 is 5.11 Å². The van der Waals surface area contributed by atoms with E-state index in [2.05, 4.69) is 26.0 Å². The van der Waals surface area contributed by atoms with E-state index in [1.165, 1.54) is 5.56 Å². The first-order valence-corrected chi connectivity index (χ1v) is 7.40. The van der Waals surface area contributed by atoms with E-state index in [-0.39, 0.29) is 11.2 Å². The van der Waals surface area contributed by atoms with Crippen LogP contribution in [-0.2, 0) is 5.41 Å². The number of aromatic hydroxyl groups is 1. The molecule has 3 aromatic carbocycles. The molecule has 2 nitrogen and oxygen atoms in total. The number of hydrogen-bond donors (Lipinski definition) is 1. The highest BCUT2D eigenvalue weighted by Gasteiger charge is 2.37. The Morgan fingerprint density at radius 3 is 2.55 bits per heavy atom. The van der Waals surface area contributed by atoms with Crippen molar-refractivity contribution in [3.05, 3.63) is 65.2 Å². The quantitative estimate of drug-likeness (QED) is 0.661. The van der Waals surface area contributed by atoms with Gasteiger partial charge in [-0.1, -0.05) is 56.3 Å². The smallest absolute Gasteiger partial charge is 0.150 e. The summed E-state index contributed by atoms with van der Waals surface area (Å²) in [4.78, 5) is 11.5. The van der Waals surface area contributed by atoms with E-state index in [0.29, 0.717) is 5.56 Å². The number of fused-ring (bicyclic) bond motifs is 5. The number of benzene rings is 3. The summed E-state index contributed by atoms with van der Waals surface area (Å²) >= 11 is 0. The summed E-state index contributed by atoms with van der Waals surface area (Å²) in [7, 11) is 0. The van der Waals surface area contributed by atoms with Crippen LogP contribution < -0.4 is 0 Å². The highest BCUT2D eigenvalue weighted by atomic mass is 16.3. The molecule has 1 aliphatic rings. The van der Waals surface area contributed by atoms with E-state index in [9.17, 15) is 9.90 Å². The molecular formula is C20H16O2. The van der Waals surface area contributed by atoms with E-state index in [1.807, 2.05) is 36.4 Å². The van der Waals surface area contributed by atoms with Crippen LogP contribution in [0.3, 0.4) is 0 Å². The van der Waals surface area contributed by atoms with E-state index in [4.69, 9.17) is 0 Å². The predicted molar refractivity (Wildman–Crippen MR) is 88.6 cm³/mol. The molecule has 2 heteroatoms. The Bertz CT molecular complexity index is 936. The zero-order valence-corrected chi connectivity index (χ0v) is 12.6. The highest BCUT2D eigenvalue weighted by Crippen LogP contribution is 2.53. The minimum absolute atomic E-state index is 0.187. The predicted octanol–water partition coefficient (Wildman–Crippen LogP) is 4.66. The van der Waals surface area contributed by atoms with Crippen LogP contribution in [-0.4, -0.2) is 11.4 Å². The number of hydrogen-bond acceptors (Lipinski definition) is 2. The molecule has 22 heavy (non-hydrogen) atoms. The second-order valence-electron chi connectivity index (χ2n) is 6.38. The lowest BCUT2D eigenvalue weighted by atomic mass is 9.81. The summed E-state index contributed by atoms with van der Waals surface area (Å²) in [5.41, 5.74) is 4.98. The lowest BCUT2D eigenvalue weighted by Gasteiger charge is -2.22. The van der Waals surface area contributed by atoms with E-state index in [0.717, 1.165) is 33.7 Å². The molecule has 0 heterocycles. The Hall–Kier alpha value is -2.61. The van der Waals surface area contributed by atoms with Crippen molar-refractivity contribution >= 4 is 17.1 Å². The van der Waals surface area contributed by atoms with Gasteiger partial charge in [0.1, 0.15) is 5.75 Å². The van der Waals surface area contributed by atoms with Crippen LogP contribution in [0.1, 0.15) is 35.3 Å². The highest BCUT2D eigenvalue weighted by molar-refractivity contribution is 6.11. The Morgan fingerprint density at radius 2 is 1.77 bits per heavy atom. The molecule has 1 N–H and O–H groups in total. The molecule has 0 saturated carbocycles. The Labute approximate surface area is 129 Å². The summed E-state index contributed by atoms with van der Waals surface area (Å²) in [5, 5.41) is 12.0. The molecule has 1 aliphatic carbocycles. The first-order chi connectivity index (χ1) is 10.6. The van der Waals surface area contributed by atoms with Crippen LogP contribution in [0, 0.1) is 0 Å². The molecule has 0 radical (unpaired) electrons. The zero-order chi connectivity index (χ0) is 15.5. The molecule has 0 fully saturated rings. The van der Waals surface area contributed by atoms with Gasteiger partial charge in [0.25, 0.3) is 0 Å². The SMILES string of the molecule is CC1(C)c2ccccc2-c2c1cc(O)c1cccc(C=O)c21. The Morgan fingerprint density at radius 1 is 1.00 bits per heavy atom. The van der Waals surface area contributed by atoms with Gasteiger partial charge in [0.15, 0.2) is 6.29 Å². The standard InChI is InChI=1S/C20H16O2/c1-20(2)15-9-4-3-7-13(15)19-16(20)10-17(22)14-8-5-6-12(11-21)18(14)19/h3-11,22H,1-2H3. The van der Waals surface area contributed by atoms with Gasteiger partial charge >= 0.3 is 0 Å². The summed E-state index contributed by atoms with van der Waals surface area (Å²) in [6.45, 7) is 4.32. The third-order valence-electron chi connectivity index (χ3n) is 4.84. The molecule has 108 valence electrons. The monoisotopic (exact) mass is 288 g/mol. The first kappa shape index (κ1) is 13.1. The van der Waals surface area contributed by atoms with Gasteiger partial charge in [-0.15, -0.1) is 0 Å². The first-order valence-electron chi connectivity index (χ1n) is 7.40. The second kappa shape index (κ2) is 4.20. The minimum atomic E-state index is -0.187. The van der Waals surface area contributed by atoms with Crippen LogP contribution in [0.5, 0.6) is 5.75 Å². The third-order valence-corrected chi connectivity index (χ3v) is 4.84. The van der Waals surface area contributed by atoms with Gasteiger partial charge in [0.05, 0.1) is 0 Å². The van der Waals surface area contributed by atoms with Crippen molar-refractivity contribution in [1.82, 2.24) is 0 Å². The molecule has 0 aliphatic heterocycles. The second-order valence-corrected chi connectivity index (χ2v) is 6.38. The van der Waals surface area contributed by atoms with E-state index < -0.39 is 0 Å². The molecular weight excluding hydrogens is 272 g/mol. The molecule has 3 aromatic rings. The fourth-order valence-electron chi connectivity index (χ4n) is 3.75. The number of phenolic OH excluding ortho intramolecular Hbond substituents is 1. The number of phenols is 1. The third kappa shape index (κ3) is 1.47. The van der Waals surface area contributed by atoms with Gasteiger partial charge in [-0.25, -0.2) is 0 Å². The fraction of sp³-hybridized carbons (Fsp3) is 0.150. The molecule has 0 aromatic heterocycles. The lowest BCUT2D eigenvalue weighted by Crippen LogP contribution is -2.14. The molecule has 0 amide bonds. The van der Waals surface area contributed by atoms with Crippen LogP contribution in [0.15, 0.2) is 48.5 Å². The Kier molecular flexibility index (Phi) is 2.50. The van der Waals surface area contributed by atoms with Crippen molar-refractivity contribution in [1.29, 1.82) is 0 Å². The average Bonchev–Trinajstić information content (AvgIpc) is 2.75. The number of carbonyl (C=O) groups excluding carboxylic acids is 1. The largest absolute Gasteiger partial charge is 0.507 e. The lowest BCUT2D eigenvalue weighted by molar-refractivity contribution is 0.112. The van der Waals surface area contributed by atoms with Gasteiger partial charge in [-0.05, 0) is 28.3 Å². The van der Waals surface area contributed by atoms with Crippen molar-refractivity contribution in [3.8, 4) is 16.9 Å².